The van der Waals surface area contributed by atoms with E-state index in [-0.39, 0.29) is 18.9 Å². The van der Waals surface area contributed by atoms with Gasteiger partial charge >= 0.3 is 5.97 Å². The molecule has 1 amide bonds. The zero-order valence-electron chi connectivity index (χ0n) is 10.9. The normalized spacial score (nSPS) is 11.7. The lowest BCUT2D eigenvalue weighted by Crippen LogP contribution is -2.34. The predicted octanol–water partition coefficient (Wildman–Crippen LogP) is 0.915. The fourth-order valence-electron chi connectivity index (χ4n) is 1.48. The smallest absolute Gasteiger partial charge is 0.306 e. The van der Waals surface area contributed by atoms with E-state index in [1.165, 1.54) is 7.11 Å². The lowest BCUT2D eigenvalue weighted by molar-refractivity contribution is -0.139. The lowest BCUT2D eigenvalue weighted by atomic mass is 10.2. The van der Waals surface area contributed by atoms with Gasteiger partial charge in [-0.05, 0) is 24.3 Å². The van der Waals surface area contributed by atoms with Crippen molar-refractivity contribution in [2.45, 2.75) is 12.5 Å². The van der Waals surface area contributed by atoms with Crippen LogP contribution in [-0.4, -0.2) is 43.9 Å². The van der Waals surface area contributed by atoms with E-state index < -0.39 is 12.1 Å². The Bertz CT molecular complexity index is 429. The summed E-state index contributed by atoms with van der Waals surface area (Å²) in [4.78, 5) is 22.3. The van der Waals surface area contributed by atoms with E-state index in [1.54, 1.807) is 31.4 Å². The molecule has 1 rings (SSSR count). The molecule has 0 spiro atoms. The molecule has 1 aromatic rings. The first kappa shape index (κ1) is 15.0. The first-order valence-corrected chi connectivity index (χ1v) is 5.73. The van der Waals surface area contributed by atoms with Gasteiger partial charge in [0.1, 0.15) is 5.75 Å². The van der Waals surface area contributed by atoms with Gasteiger partial charge in [-0.2, -0.15) is 0 Å². The van der Waals surface area contributed by atoms with E-state index in [0.717, 1.165) is 0 Å². The summed E-state index contributed by atoms with van der Waals surface area (Å²) in [6.07, 6.45) is -0.695. The molecule has 0 heterocycles. The fourth-order valence-corrected chi connectivity index (χ4v) is 1.48. The number of hydrogen-bond donors (Lipinski definition) is 2. The zero-order chi connectivity index (χ0) is 14.3. The lowest BCUT2D eigenvalue weighted by Gasteiger charge is -2.14. The molecule has 0 aliphatic rings. The molecule has 0 saturated heterocycles. The molecule has 1 atom stereocenters. The molecule has 1 aromatic carbocycles. The number of carboxylic acids is 1. The quantitative estimate of drug-likeness (QED) is 0.767. The maximum atomic E-state index is 11.8. The molecule has 0 saturated carbocycles. The number of carboxylic acid groups (broad SMARTS) is 1. The third-order valence-corrected chi connectivity index (χ3v) is 2.58. The van der Waals surface area contributed by atoms with Gasteiger partial charge in [0.15, 0.2) is 0 Å². The first-order valence-electron chi connectivity index (χ1n) is 5.73. The summed E-state index contributed by atoms with van der Waals surface area (Å²) in [5.41, 5.74) is 0.478. The highest BCUT2D eigenvalue weighted by Crippen LogP contribution is 2.11. The maximum Gasteiger partial charge on any atom is 0.306 e. The van der Waals surface area contributed by atoms with Crippen LogP contribution in [0.3, 0.4) is 0 Å². The van der Waals surface area contributed by atoms with Gasteiger partial charge in [0, 0.05) is 19.2 Å². The molecular weight excluding hydrogens is 250 g/mol. The number of benzene rings is 1. The van der Waals surface area contributed by atoms with E-state index in [1.807, 2.05) is 0 Å². The van der Waals surface area contributed by atoms with Crippen molar-refractivity contribution in [2.75, 3.05) is 20.8 Å². The van der Waals surface area contributed by atoms with Crippen LogP contribution in [-0.2, 0) is 9.53 Å². The summed E-state index contributed by atoms with van der Waals surface area (Å²) < 4.78 is 9.96. The molecule has 0 bridgehead atoms. The van der Waals surface area contributed by atoms with Crippen LogP contribution >= 0.6 is 0 Å². The van der Waals surface area contributed by atoms with Gasteiger partial charge in [0.25, 0.3) is 5.91 Å². The van der Waals surface area contributed by atoms with E-state index in [4.69, 9.17) is 14.6 Å². The predicted molar refractivity (Wildman–Crippen MR) is 68.4 cm³/mol. The second-order valence-electron chi connectivity index (χ2n) is 3.89. The van der Waals surface area contributed by atoms with E-state index in [0.29, 0.717) is 11.3 Å². The Kier molecular flexibility index (Phi) is 5.81. The molecule has 19 heavy (non-hydrogen) atoms. The largest absolute Gasteiger partial charge is 0.497 e. The number of aliphatic carboxylic acids is 1. The molecule has 104 valence electrons. The monoisotopic (exact) mass is 267 g/mol. The summed E-state index contributed by atoms with van der Waals surface area (Å²) in [5, 5.41) is 11.3. The van der Waals surface area contributed by atoms with Gasteiger partial charge in [-0.25, -0.2) is 0 Å². The summed E-state index contributed by atoms with van der Waals surface area (Å²) in [6.45, 7) is 0.146. The summed E-state index contributed by atoms with van der Waals surface area (Å²) >= 11 is 0. The van der Waals surface area contributed by atoms with Gasteiger partial charge in [-0.3, -0.25) is 9.59 Å². The standard InChI is InChI=1S/C13H17NO5/c1-18-10-5-3-9(4-6-10)13(17)14-8-11(19-2)7-12(15)16/h3-6,11H,7-8H2,1-2H3,(H,14,17)(H,15,16). The van der Waals surface area contributed by atoms with Crippen LogP contribution in [0.1, 0.15) is 16.8 Å². The number of rotatable bonds is 7. The molecular formula is C13H17NO5. The van der Waals surface area contributed by atoms with Crippen molar-refractivity contribution in [3.63, 3.8) is 0 Å². The molecule has 2 N–H and O–H groups in total. The molecule has 0 fully saturated rings. The fraction of sp³-hybridized carbons (Fsp3) is 0.385. The number of carbonyl (C=O) groups is 2. The highest BCUT2D eigenvalue weighted by atomic mass is 16.5. The Morgan fingerprint density at radius 2 is 1.89 bits per heavy atom. The number of hydrogen-bond acceptors (Lipinski definition) is 4. The Hall–Kier alpha value is -2.08. The average Bonchev–Trinajstić information content (AvgIpc) is 2.42. The molecule has 0 radical (unpaired) electrons. The van der Waals surface area contributed by atoms with Crippen molar-refractivity contribution in [1.29, 1.82) is 0 Å². The third kappa shape index (κ3) is 4.97. The van der Waals surface area contributed by atoms with Gasteiger partial charge < -0.3 is 19.9 Å². The molecule has 1 unspecified atom stereocenters. The Balaban J connectivity index is 2.51. The van der Waals surface area contributed by atoms with Crippen LogP contribution in [0.4, 0.5) is 0 Å². The first-order chi connectivity index (χ1) is 9.06. The number of methoxy groups -OCH3 is 2. The molecule has 0 aliphatic carbocycles. The minimum Gasteiger partial charge on any atom is -0.497 e. The number of nitrogens with one attached hydrogen (secondary N) is 1. The van der Waals surface area contributed by atoms with Crippen LogP contribution in [0.25, 0.3) is 0 Å². The SMILES string of the molecule is COc1ccc(C(=O)NCC(CC(=O)O)OC)cc1. The molecule has 0 aliphatic heterocycles. The van der Waals surface area contributed by atoms with Crippen molar-refractivity contribution in [2.24, 2.45) is 0 Å². The topological polar surface area (TPSA) is 84.9 Å². The van der Waals surface area contributed by atoms with Gasteiger partial charge in [-0.15, -0.1) is 0 Å². The van der Waals surface area contributed by atoms with Gasteiger partial charge in [0.05, 0.1) is 19.6 Å². The Labute approximate surface area is 111 Å². The van der Waals surface area contributed by atoms with Crippen molar-refractivity contribution in [3.8, 4) is 5.75 Å². The number of carbonyl (C=O) groups excluding carboxylic acids is 1. The van der Waals surface area contributed by atoms with Crippen LogP contribution in [0, 0.1) is 0 Å². The second-order valence-corrected chi connectivity index (χ2v) is 3.89. The van der Waals surface area contributed by atoms with Gasteiger partial charge in [-0.1, -0.05) is 0 Å². The summed E-state index contributed by atoms with van der Waals surface area (Å²) in [6, 6.07) is 6.63. The van der Waals surface area contributed by atoms with Crippen molar-refractivity contribution in [1.82, 2.24) is 5.32 Å². The highest BCUT2D eigenvalue weighted by Gasteiger charge is 2.14. The van der Waals surface area contributed by atoms with Crippen LogP contribution in [0.15, 0.2) is 24.3 Å². The van der Waals surface area contributed by atoms with E-state index >= 15 is 0 Å². The maximum absolute atomic E-state index is 11.8. The second kappa shape index (κ2) is 7.38. The van der Waals surface area contributed by atoms with Crippen LogP contribution in [0.2, 0.25) is 0 Å². The van der Waals surface area contributed by atoms with E-state index in [2.05, 4.69) is 5.32 Å². The number of amides is 1. The van der Waals surface area contributed by atoms with Crippen molar-refractivity contribution < 1.29 is 24.2 Å². The summed E-state index contributed by atoms with van der Waals surface area (Å²) in [5.74, 6) is -0.585. The Morgan fingerprint density at radius 3 is 2.37 bits per heavy atom. The van der Waals surface area contributed by atoms with Crippen LogP contribution < -0.4 is 10.1 Å². The van der Waals surface area contributed by atoms with Crippen LogP contribution in [0.5, 0.6) is 5.75 Å². The number of ether oxygens (including phenoxy) is 2. The molecule has 6 heteroatoms. The summed E-state index contributed by atoms with van der Waals surface area (Å²) in [7, 11) is 2.96. The van der Waals surface area contributed by atoms with Gasteiger partial charge in [0.2, 0.25) is 0 Å². The molecule has 6 nitrogen and oxygen atoms in total. The Morgan fingerprint density at radius 1 is 1.26 bits per heavy atom. The average molecular weight is 267 g/mol. The highest BCUT2D eigenvalue weighted by molar-refractivity contribution is 5.94. The minimum absolute atomic E-state index is 0.146. The van der Waals surface area contributed by atoms with E-state index in [9.17, 15) is 9.59 Å². The zero-order valence-corrected chi connectivity index (χ0v) is 10.9. The third-order valence-electron chi connectivity index (χ3n) is 2.58. The molecule has 0 aromatic heterocycles. The van der Waals surface area contributed by atoms with Crippen molar-refractivity contribution in [3.05, 3.63) is 29.8 Å². The van der Waals surface area contributed by atoms with Crippen molar-refractivity contribution >= 4 is 11.9 Å². The minimum atomic E-state index is -0.967.